The summed E-state index contributed by atoms with van der Waals surface area (Å²) in [5.41, 5.74) is 0.770. The molecule has 1 saturated heterocycles. The van der Waals surface area contributed by atoms with Gasteiger partial charge in [-0.1, -0.05) is 23.7 Å². The average molecular weight is 494 g/mol. The van der Waals surface area contributed by atoms with E-state index in [0.29, 0.717) is 23.6 Å². The first-order chi connectivity index (χ1) is 15.7. The fraction of sp³-hybridized carbons (Fsp3) is 0.364. The highest BCUT2D eigenvalue weighted by atomic mass is 35.5. The van der Waals surface area contributed by atoms with Gasteiger partial charge in [-0.3, -0.25) is 9.59 Å². The van der Waals surface area contributed by atoms with Crippen LogP contribution in [0.15, 0.2) is 41.3 Å². The number of sulfonamides is 1. The molecule has 2 heterocycles. The van der Waals surface area contributed by atoms with Gasteiger partial charge in [0.05, 0.1) is 22.9 Å². The SMILES string of the molecule is CCOc1ccccc1C(=O)N1CCN(S(=O)(=O)c2cc3c(cc2Cl)NC(=O)[C@H](C)O3)CC1. The maximum atomic E-state index is 13.3. The number of halogens is 1. The predicted molar refractivity (Wildman–Crippen MR) is 122 cm³/mol. The molecule has 33 heavy (non-hydrogen) atoms. The summed E-state index contributed by atoms with van der Waals surface area (Å²) in [4.78, 5) is 26.3. The lowest BCUT2D eigenvalue weighted by atomic mass is 10.1. The number of nitrogens with one attached hydrogen (secondary N) is 1. The lowest BCUT2D eigenvalue weighted by Gasteiger charge is -2.34. The van der Waals surface area contributed by atoms with Gasteiger partial charge in [0, 0.05) is 32.2 Å². The molecular weight excluding hydrogens is 470 g/mol. The molecule has 11 heteroatoms. The van der Waals surface area contributed by atoms with Crippen LogP contribution < -0.4 is 14.8 Å². The third-order valence-corrected chi connectivity index (χ3v) is 7.89. The molecule has 176 valence electrons. The van der Waals surface area contributed by atoms with Crippen LogP contribution in [0.2, 0.25) is 5.02 Å². The van der Waals surface area contributed by atoms with Crippen LogP contribution in [-0.2, 0) is 14.8 Å². The lowest BCUT2D eigenvalue weighted by molar-refractivity contribution is -0.122. The molecule has 1 N–H and O–H groups in total. The fourth-order valence-electron chi connectivity index (χ4n) is 3.77. The topological polar surface area (TPSA) is 105 Å². The standard InChI is InChI=1S/C22H24ClN3O6S/c1-3-31-18-7-5-4-6-15(18)22(28)25-8-10-26(11-9-25)33(29,30)20-13-19-17(12-16(20)23)24-21(27)14(2)32-19/h4-7,12-14H,3,8-11H2,1-2H3,(H,24,27)/t14-/m0/s1. The van der Waals surface area contributed by atoms with Crippen molar-refractivity contribution in [1.82, 2.24) is 9.21 Å². The molecule has 0 aromatic heterocycles. The Hall–Kier alpha value is -2.82. The van der Waals surface area contributed by atoms with Gasteiger partial charge in [-0.15, -0.1) is 0 Å². The van der Waals surface area contributed by atoms with Gasteiger partial charge in [-0.25, -0.2) is 8.42 Å². The van der Waals surface area contributed by atoms with Crippen molar-refractivity contribution in [1.29, 1.82) is 0 Å². The quantitative estimate of drug-likeness (QED) is 0.686. The van der Waals surface area contributed by atoms with Crippen LogP contribution in [0.1, 0.15) is 24.2 Å². The summed E-state index contributed by atoms with van der Waals surface area (Å²) < 4.78 is 39.0. The summed E-state index contributed by atoms with van der Waals surface area (Å²) >= 11 is 6.26. The van der Waals surface area contributed by atoms with E-state index in [-0.39, 0.29) is 53.7 Å². The van der Waals surface area contributed by atoms with E-state index < -0.39 is 16.1 Å². The van der Waals surface area contributed by atoms with E-state index in [2.05, 4.69) is 5.32 Å². The number of nitrogens with zero attached hydrogens (tertiary/aromatic N) is 2. The minimum absolute atomic E-state index is 0.0173. The zero-order chi connectivity index (χ0) is 23.8. The van der Waals surface area contributed by atoms with E-state index in [1.807, 2.05) is 6.92 Å². The van der Waals surface area contributed by atoms with Gasteiger partial charge in [-0.2, -0.15) is 4.31 Å². The number of amides is 2. The molecule has 4 rings (SSSR count). The van der Waals surface area contributed by atoms with E-state index in [1.165, 1.54) is 16.4 Å². The molecular formula is C22H24ClN3O6S. The Bertz CT molecular complexity index is 1190. The van der Waals surface area contributed by atoms with Gasteiger partial charge in [0.15, 0.2) is 6.10 Å². The Morgan fingerprint density at radius 2 is 1.91 bits per heavy atom. The summed E-state index contributed by atoms with van der Waals surface area (Å²) in [7, 11) is -3.94. The molecule has 1 atom stereocenters. The average Bonchev–Trinajstić information content (AvgIpc) is 2.80. The first-order valence-electron chi connectivity index (χ1n) is 10.5. The van der Waals surface area contributed by atoms with Crippen molar-refractivity contribution in [3.8, 4) is 11.5 Å². The molecule has 0 spiro atoms. The smallest absolute Gasteiger partial charge is 0.265 e. The largest absolute Gasteiger partial charge is 0.493 e. The van der Waals surface area contributed by atoms with Gasteiger partial charge < -0.3 is 19.7 Å². The molecule has 0 saturated carbocycles. The first-order valence-corrected chi connectivity index (χ1v) is 12.4. The number of rotatable bonds is 5. The molecule has 2 aliphatic heterocycles. The second kappa shape index (κ2) is 9.20. The van der Waals surface area contributed by atoms with E-state index in [0.717, 1.165) is 0 Å². The number of para-hydroxylation sites is 1. The molecule has 0 bridgehead atoms. The molecule has 2 aromatic carbocycles. The Morgan fingerprint density at radius 3 is 2.61 bits per heavy atom. The number of hydrogen-bond donors (Lipinski definition) is 1. The molecule has 2 amide bonds. The number of benzene rings is 2. The zero-order valence-electron chi connectivity index (χ0n) is 18.2. The van der Waals surface area contributed by atoms with Crippen LogP contribution in [0.3, 0.4) is 0 Å². The monoisotopic (exact) mass is 493 g/mol. The predicted octanol–water partition coefficient (Wildman–Crippen LogP) is 2.60. The fourth-order valence-corrected chi connectivity index (χ4v) is 5.71. The molecule has 0 radical (unpaired) electrons. The van der Waals surface area contributed by atoms with E-state index >= 15 is 0 Å². The minimum atomic E-state index is -3.94. The van der Waals surface area contributed by atoms with Crippen molar-refractivity contribution in [2.75, 3.05) is 38.1 Å². The summed E-state index contributed by atoms with van der Waals surface area (Å²) in [5, 5.41) is 2.63. The van der Waals surface area contributed by atoms with Crippen molar-refractivity contribution >= 4 is 39.1 Å². The van der Waals surface area contributed by atoms with E-state index in [9.17, 15) is 18.0 Å². The Morgan fingerprint density at radius 1 is 1.21 bits per heavy atom. The number of hydrogen-bond acceptors (Lipinski definition) is 6. The summed E-state index contributed by atoms with van der Waals surface area (Å²) in [5.74, 6) is 0.204. The van der Waals surface area contributed by atoms with E-state index in [4.69, 9.17) is 21.1 Å². The van der Waals surface area contributed by atoms with Crippen LogP contribution in [0.5, 0.6) is 11.5 Å². The summed E-state index contributed by atoms with van der Waals surface area (Å²) in [6.07, 6.45) is -0.747. The highest BCUT2D eigenvalue weighted by molar-refractivity contribution is 7.89. The van der Waals surface area contributed by atoms with Crippen LogP contribution in [0.25, 0.3) is 0 Å². The number of carbonyl (C=O) groups is 2. The normalized spacial score (nSPS) is 18.8. The Balaban J connectivity index is 1.51. The van der Waals surface area contributed by atoms with Crippen molar-refractivity contribution in [3.05, 3.63) is 47.0 Å². The minimum Gasteiger partial charge on any atom is -0.493 e. The zero-order valence-corrected chi connectivity index (χ0v) is 19.8. The van der Waals surface area contributed by atoms with Gasteiger partial charge >= 0.3 is 0 Å². The number of anilines is 1. The molecule has 2 aliphatic rings. The maximum absolute atomic E-state index is 13.3. The first kappa shape index (κ1) is 23.3. The van der Waals surface area contributed by atoms with E-state index in [1.54, 1.807) is 36.1 Å². The van der Waals surface area contributed by atoms with Gasteiger partial charge in [0.2, 0.25) is 10.0 Å². The summed E-state index contributed by atoms with van der Waals surface area (Å²) in [6.45, 7) is 4.54. The lowest BCUT2D eigenvalue weighted by Crippen LogP contribution is -2.50. The second-order valence-electron chi connectivity index (χ2n) is 7.65. The van der Waals surface area contributed by atoms with Crippen molar-refractivity contribution < 1.29 is 27.5 Å². The molecule has 1 fully saturated rings. The summed E-state index contributed by atoms with van der Waals surface area (Å²) in [6, 6.07) is 9.70. The molecule has 2 aromatic rings. The molecule has 0 aliphatic carbocycles. The van der Waals surface area contributed by atoms with Crippen LogP contribution in [0, 0.1) is 0 Å². The number of fused-ring (bicyclic) bond motifs is 1. The number of piperazine rings is 1. The molecule has 0 unspecified atom stereocenters. The Kier molecular flexibility index (Phi) is 6.51. The van der Waals surface area contributed by atoms with Crippen molar-refractivity contribution in [2.45, 2.75) is 24.8 Å². The second-order valence-corrected chi connectivity index (χ2v) is 9.97. The third kappa shape index (κ3) is 4.50. The van der Waals surface area contributed by atoms with Crippen molar-refractivity contribution in [3.63, 3.8) is 0 Å². The Labute approximate surface area is 197 Å². The number of carbonyl (C=O) groups excluding carboxylic acids is 2. The number of ether oxygens (including phenoxy) is 2. The third-order valence-electron chi connectivity index (χ3n) is 5.53. The highest BCUT2D eigenvalue weighted by Crippen LogP contribution is 2.38. The van der Waals surface area contributed by atoms with Gasteiger partial charge in [0.1, 0.15) is 16.4 Å². The maximum Gasteiger partial charge on any atom is 0.265 e. The van der Waals surface area contributed by atoms with Crippen LogP contribution >= 0.6 is 11.6 Å². The molecule has 9 nitrogen and oxygen atoms in total. The van der Waals surface area contributed by atoms with Crippen LogP contribution in [-0.4, -0.2) is 68.3 Å². The van der Waals surface area contributed by atoms with Gasteiger partial charge in [-0.05, 0) is 32.0 Å². The van der Waals surface area contributed by atoms with Crippen molar-refractivity contribution in [2.24, 2.45) is 0 Å². The van der Waals surface area contributed by atoms with Gasteiger partial charge in [0.25, 0.3) is 11.8 Å². The van der Waals surface area contributed by atoms with Crippen LogP contribution in [0.4, 0.5) is 5.69 Å². The highest BCUT2D eigenvalue weighted by Gasteiger charge is 2.34.